The van der Waals surface area contributed by atoms with Crippen LogP contribution in [-0.4, -0.2) is 36.6 Å². The summed E-state index contributed by atoms with van der Waals surface area (Å²) >= 11 is 0. The molecule has 6 nitrogen and oxygen atoms in total. The average Bonchev–Trinajstić information content (AvgIpc) is 3.06. The van der Waals surface area contributed by atoms with Gasteiger partial charge in [-0.05, 0) is 12.8 Å². The first-order valence-corrected chi connectivity index (χ1v) is 8.14. The van der Waals surface area contributed by atoms with Gasteiger partial charge in [-0.15, -0.1) is 0 Å². The number of rotatable bonds is 6. The number of aliphatic hydroxyl groups excluding tert-OH is 1. The normalized spacial score (nSPS) is 18.8. The van der Waals surface area contributed by atoms with Gasteiger partial charge in [-0.3, -0.25) is 0 Å². The largest absolute Gasteiger partial charge is 0.396 e. The Hall–Kier alpha value is -0.920. The van der Waals surface area contributed by atoms with E-state index in [1.165, 1.54) is 6.20 Å². The highest BCUT2D eigenvalue weighted by Crippen LogP contribution is 2.37. The quantitative estimate of drug-likeness (QED) is 0.721. The molecule has 1 aliphatic carbocycles. The fraction of sp³-hybridized carbons (Fsp3) is 0.750. The lowest BCUT2D eigenvalue weighted by molar-refractivity contribution is 0.134. The molecular formula is C12H21N3O3S. The van der Waals surface area contributed by atoms with Crippen molar-refractivity contribution < 1.29 is 13.5 Å². The van der Waals surface area contributed by atoms with Crippen LogP contribution in [0.15, 0.2) is 11.2 Å². The molecule has 1 heterocycles. The Kier molecular flexibility index (Phi) is 4.27. The number of nitrogens with one attached hydrogen (secondary N) is 2. The van der Waals surface area contributed by atoms with E-state index in [1.54, 1.807) is 0 Å². The fourth-order valence-electron chi connectivity index (χ4n) is 2.50. The zero-order chi connectivity index (χ0) is 13.9. The molecule has 1 saturated carbocycles. The molecular weight excluding hydrogens is 266 g/mol. The number of nitrogens with zero attached hydrogens (tertiary/aromatic N) is 1. The number of hydrogen-bond acceptors (Lipinski definition) is 4. The molecule has 2 rings (SSSR count). The van der Waals surface area contributed by atoms with Crippen LogP contribution in [-0.2, 0) is 16.4 Å². The Labute approximate surface area is 113 Å². The molecule has 1 aliphatic rings. The minimum absolute atomic E-state index is 0.0265. The maximum absolute atomic E-state index is 12.1. The van der Waals surface area contributed by atoms with Crippen LogP contribution >= 0.6 is 0 Å². The van der Waals surface area contributed by atoms with Crippen molar-refractivity contribution >= 4 is 10.0 Å². The third-order valence-corrected chi connectivity index (χ3v) is 5.18. The van der Waals surface area contributed by atoms with E-state index in [0.29, 0.717) is 12.2 Å². The van der Waals surface area contributed by atoms with E-state index in [1.807, 2.05) is 6.92 Å². The predicted octanol–water partition coefficient (Wildman–Crippen LogP) is 0.803. The summed E-state index contributed by atoms with van der Waals surface area (Å²) in [7, 11) is -3.56. The Balaban J connectivity index is 2.05. The number of H-pyrrole nitrogens is 1. The van der Waals surface area contributed by atoms with Crippen LogP contribution in [0, 0.1) is 5.41 Å². The first-order chi connectivity index (χ1) is 9.01. The number of aromatic nitrogens is 2. The van der Waals surface area contributed by atoms with Gasteiger partial charge in [-0.25, -0.2) is 18.1 Å². The van der Waals surface area contributed by atoms with Crippen LogP contribution in [0.25, 0.3) is 0 Å². The highest BCUT2D eigenvalue weighted by Gasteiger charge is 2.34. The number of sulfonamides is 1. The lowest BCUT2D eigenvalue weighted by Crippen LogP contribution is -2.38. The Morgan fingerprint density at radius 3 is 2.68 bits per heavy atom. The zero-order valence-electron chi connectivity index (χ0n) is 11.1. The second kappa shape index (κ2) is 5.60. The van der Waals surface area contributed by atoms with E-state index in [2.05, 4.69) is 14.7 Å². The van der Waals surface area contributed by atoms with Crippen LogP contribution in [0.3, 0.4) is 0 Å². The van der Waals surface area contributed by atoms with Gasteiger partial charge >= 0.3 is 0 Å². The molecule has 0 bridgehead atoms. The van der Waals surface area contributed by atoms with E-state index >= 15 is 0 Å². The van der Waals surface area contributed by atoms with E-state index in [0.717, 1.165) is 25.7 Å². The Morgan fingerprint density at radius 1 is 1.47 bits per heavy atom. The van der Waals surface area contributed by atoms with Crippen LogP contribution < -0.4 is 4.72 Å². The van der Waals surface area contributed by atoms with Gasteiger partial charge < -0.3 is 10.1 Å². The summed E-state index contributed by atoms with van der Waals surface area (Å²) in [5.41, 5.74) is -0.291. The van der Waals surface area contributed by atoms with Crippen molar-refractivity contribution in [3.63, 3.8) is 0 Å². The summed E-state index contributed by atoms with van der Waals surface area (Å²) in [6.45, 7) is 2.22. The molecule has 0 atom stereocenters. The predicted molar refractivity (Wildman–Crippen MR) is 71.1 cm³/mol. The van der Waals surface area contributed by atoms with Gasteiger partial charge in [-0.2, -0.15) is 0 Å². The standard InChI is InChI=1S/C12H21N3O3S/c1-2-10-13-7-11(15-10)19(17,18)14-8-12(9-16)5-3-4-6-12/h7,14,16H,2-6,8-9H2,1H3,(H,13,15). The summed E-state index contributed by atoms with van der Waals surface area (Å²) in [6.07, 6.45) is 5.83. The summed E-state index contributed by atoms with van der Waals surface area (Å²) in [6, 6.07) is 0. The van der Waals surface area contributed by atoms with Crippen molar-refractivity contribution in [2.24, 2.45) is 5.41 Å². The number of hydrogen-bond donors (Lipinski definition) is 3. The number of imidazole rings is 1. The van der Waals surface area contributed by atoms with Crippen molar-refractivity contribution in [3.05, 3.63) is 12.0 Å². The lowest BCUT2D eigenvalue weighted by atomic mass is 9.88. The van der Waals surface area contributed by atoms with Crippen LogP contribution in [0.5, 0.6) is 0 Å². The van der Waals surface area contributed by atoms with Crippen LogP contribution in [0.2, 0.25) is 0 Å². The molecule has 3 N–H and O–H groups in total. The van der Waals surface area contributed by atoms with Gasteiger partial charge in [0.05, 0.1) is 6.20 Å². The van der Waals surface area contributed by atoms with Gasteiger partial charge in [0.15, 0.2) is 5.03 Å². The molecule has 0 spiro atoms. The molecule has 108 valence electrons. The van der Waals surface area contributed by atoms with Gasteiger partial charge in [0.25, 0.3) is 10.0 Å². The van der Waals surface area contributed by atoms with Crippen LogP contribution in [0.4, 0.5) is 0 Å². The number of aliphatic hydroxyl groups is 1. The molecule has 0 amide bonds. The van der Waals surface area contributed by atoms with Crippen molar-refractivity contribution in [3.8, 4) is 0 Å². The molecule has 0 unspecified atom stereocenters. The summed E-state index contributed by atoms with van der Waals surface area (Å²) < 4.78 is 26.8. The first kappa shape index (κ1) is 14.5. The van der Waals surface area contributed by atoms with Gasteiger partial charge in [0, 0.05) is 25.0 Å². The monoisotopic (exact) mass is 287 g/mol. The maximum Gasteiger partial charge on any atom is 0.257 e. The summed E-state index contributed by atoms with van der Waals surface area (Å²) in [4.78, 5) is 6.78. The topological polar surface area (TPSA) is 95.1 Å². The molecule has 0 aliphatic heterocycles. The SMILES string of the molecule is CCc1ncc(S(=O)(=O)NCC2(CO)CCCC2)[nH]1. The summed E-state index contributed by atoms with van der Waals surface area (Å²) in [5, 5.41) is 9.56. The molecule has 7 heteroatoms. The fourth-order valence-corrected chi connectivity index (χ4v) is 3.60. The third kappa shape index (κ3) is 3.16. The molecule has 0 saturated heterocycles. The molecule has 1 fully saturated rings. The first-order valence-electron chi connectivity index (χ1n) is 6.66. The number of aromatic amines is 1. The average molecular weight is 287 g/mol. The molecule has 1 aromatic rings. The second-order valence-corrected chi connectivity index (χ2v) is 6.97. The van der Waals surface area contributed by atoms with Gasteiger partial charge in [0.1, 0.15) is 5.82 Å². The third-order valence-electron chi connectivity index (χ3n) is 3.87. The molecule has 1 aromatic heterocycles. The summed E-state index contributed by atoms with van der Waals surface area (Å²) in [5.74, 6) is 0.651. The van der Waals surface area contributed by atoms with E-state index < -0.39 is 10.0 Å². The highest BCUT2D eigenvalue weighted by atomic mass is 32.2. The molecule has 19 heavy (non-hydrogen) atoms. The highest BCUT2D eigenvalue weighted by molar-refractivity contribution is 7.89. The van der Waals surface area contributed by atoms with Gasteiger partial charge in [-0.1, -0.05) is 19.8 Å². The second-order valence-electron chi connectivity index (χ2n) is 5.24. The van der Waals surface area contributed by atoms with Crippen molar-refractivity contribution in [1.82, 2.24) is 14.7 Å². The van der Waals surface area contributed by atoms with Gasteiger partial charge in [0.2, 0.25) is 0 Å². The van der Waals surface area contributed by atoms with E-state index in [9.17, 15) is 13.5 Å². The number of aryl methyl sites for hydroxylation is 1. The zero-order valence-corrected chi connectivity index (χ0v) is 12.0. The van der Waals surface area contributed by atoms with Crippen molar-refractivity contribution in [2.45, 2.75) is 44.1 Å². The molecule has 0 aromatic carbocycles. The Morgan fingerprint density at radius 2 is 2.16 bits per heavy atom. The minimum atomic E-state index is -3.56. The van der Waals surface area contributed by atoms with E-state index in [-0.39, 0.29) is 23.6 Å². The maximum atomic E-state index is 12.1. The van der Waals surface area contributed by atoms with E-state index in [4.69, 9.17) is 0 Å². The lowest BCUT2D eigenvalue weighted by Gasteiger charge is -2.26. The van der Waals surface area contributed by atoms with Crippen molar-refractivity contribution in [2.75, 3.05) is 13.2 Å². The van der Waals surface area contributed by atoms with Crippen LogP contribution in [0.1, 0.15) is 38.4 Å². The molecule has 0 radical (unpaired) electrons. The Bertz CT molecular complexity index is 518. The minimum Gasteiger partial charge on any atom is -0.396 e. The van der Waals surface area contributed by atoms with Crippen molar-refractivity contribution in [1.29, 1.82) is 0 Å². The smallest absolute Gasteiger partial charge is 0.257 e.